The van der Waals surface area contributed by atoms with Gasteiger partial charge in [0, 0.05) is 18.0 Å². The van der Waals surface area contributed by atoms with Gasteiger partial charge in [-0.1, -0.05) is 6.07 Å². The summed E-state index contributed by atoms with van der Waals surface area (Å²) in [6.07, 6.45) is 0. The molecule has 0 radical (unpaired) electrons. The number of nitro benzene ring substituents is 1. The summed E-state index contributed by atoms with van der Waals surface area (Å²) in [4.78, 5) is 28.5. The van der Waals surface area contributed by atoms with Crippen LogP contribution in [0.3, 0.4) is 0 Å². The van der Waals surface area contributed by atoms with Crippen LogP contribution in [0.1, 0.15) is 20.9 Å². The number of hydrogen-bond donors (Lipinski definition) is 1. The van der Waals surface area contributed by atoms with Gasteiger partial charge in [-0.05, 0) is 13.0 Å². The van der Waals surface area contributed by atoms with Gasteiger partial charge in [0.05, 0.1) is 28.2 Å². The molecule has 8 heteroatoms. The maximum atomic E-state index is 11.3. The Labute approximate surface area is 124 Å². The fourth-order valence-corrected chi connectivity index (χ4v) is 2.85. The number of aromatic carboxylic acids is 1. The molecule has 1 heterocycles. The van der Waals surface area contributed by atoms with Crippen LogP contribution in [-0.4, -0.2) is 28.0 Å². The minimum absolute atomic E-state index is 0.0890. The van der Waals surface area contributed by atoms with Crippen LogP contribution in [0.15, 0.2) is 23.7 Å². The summed E-state index contributed by atoms with van der Waals surface area (Å²) < 4.78 is 0. The maximum Gasteiger partial charge on any atom is 0.338 e. The van der Waals surface area contributed by atoms with Crippen LogP contribution in [0.4, 0.5) is 11.4 Å². The largest absolute Gasteiger partial charge is 0.478 e. The van der Waals surface area contributed by atoms with Crippen molar-refractivity contribution in [3.63, 3.8) is 0 Å². The highest BCUT2D eigenvalue weighted by Crippen LogP contribution is 2.33. The first-order valence-electron chi connectivity index (χ1n) is 6.02. The van der Waals surface area contributed by atoms with Gasteiger partial charge in [-0.3, -0.25) is 10.1 Å². The summed E-state index contributed by atoms with van der Waals surface area (Å²) in [5, 5.41) is 20.4. The standard InChI is InChI=1S/C13H13N3O4S/c1-8-11(21-7-14-8)6-15(2)12-9(13(17)18)4-3-5-10(12)16(19)20/h3-5,7H,6H2,1-2H3,(H,17,18). The Morgan fingerprint density at radius 2 is 2.24 bits per heavy atom. The number of hydrogen-bond acceptors (Lipinski definition) is 6. The molecule has 0 atom stereocenters. The van der Waals surface area contributed by atoms with E-state index in [2.05, 4.69) is 4.98 Å². The molecule has 0 saturated carbocycles. The highest BCUT2D eigenvalue weighted by Gasteiger charge is 2.25. The van der Waals surface area contributed by atoms with Crippen molar-refractivity contribution in [1.82, 2.24) is 4.98 Å². The molecule has 2 rings (SSSR count). The van der Waals surface area contributed by atoms with Crippen LogP contribution in [0.2, 0.25) is 0 Å². The van der Waals surface area contributed by atoms with Gasteiger partial charge >= 0.3 is 5.97 Å². The Morgan fingerprint density at radius 3 is 2.76 bits per heavy atom. The molecule has 0 aliphatic heterocycles. The van der Waals surface area contributed by atoms with Gasteiger partial charge in [0.2, 0.25) is 0 Å². The predicted octanol–water partition coefficient (Wildman–Crippen LogP) is 2.69. The number of rotatable bonds is 5. The molecule has 2 aromatic rings. The maximum absolute atomic E-state index is 11.3. The minimum atomic E-state index is -1.19. The molecule has 0 amide bonds. The van der Waals surface area contributed by atoms with Crippen molar-refractivity contribution in [3.05, 3.63) is 50.0 Å². The molecule has 110 valence electrons. The van der Waals surface area contributed by atoms with Crippen molar-refractivity contribution in [2.45, 2.75) is 13.5 Å². The highest BCUT2D eigenvalue weighted by atomic mass is 32.1. The number of nitro groups is 1. The number of nitrogens with zero attached hydrogens (tertiary/aromatic N) is 3. The molecular formula is C13H13N3O4S. The molecule has 1 aromatic carbocycles. The van der Waals surface area contributed by atoms with E-state index in [4.69, 9.17) is 0 Å². The normalized spacial score (nSPS) is 10.4. The lowest BCUT2D eigenvalue weighted by molar-refractivity contribution is -0.384. The predicted molar refractivity (Wildman–Crippen MR) is 79.0 cm³/mol. The number of aryl methyl sites for hydroxylation is 1. The molecule has 21 heavy (non-hydrogen) atoms. The number of carbonyl (C=O) groups is 1. The monoisotopic (exact) mass is 307 g/mol. The van der Waals surface area contributed by atoms with Crippen LogP contribution in [-0.2, 0) is 6.54 Å². The third-order valence-corrected chi connectivity index (χ3v) is 3.97. The van der Waals surface area contributed by atoms with Gasteiger partial charge in [-0.2, -0.15) is 0 Å². The number of para-hydroxylation sites is 1. The third kappa shape index (κ3) is 3.00. The SMILES string of the molecule is Cc1ncsc1CN(C)c1c(C(=O)O)cccc1[N+](=O)[O-]. The van der Waals surface area contributed by atoms with Gasteiger partial charge < -0.3 is 10.0 Å². The Hall–Kier alpha value is -2.48. The van der Waals surface area contributed by atoms with E-state index in [0.717, 1.165) is 10.6 Å². The second-order valence-corrected chi connectivity index (χ2v) is 5.39. The van der Waals surface area contributed by atoms with Crippen LogP contribution >= 0.6 is 11.3 Å². The Balaban J connectivity index is 2.47. The summed E-state index contributed by atoms with van der Waals surface area (Å²) in [5.41, 5.74) is 2.31. The van der Waals surface area contributed by atoms with E-state index >= 15 is 0 Å². The number of carboxylic acids is 1. The lowest BCUT2D eigenvalue weighted by Gasteiger charge is -2.20. The molecule has 0 saturated heterocycles. The molecule has 0 spiro atoms. The van der Waals surface area contributed by atoms with Crippen molar-refractivity contribution in [1.29, 1.82) is 0 Å². The summed E-state index contributed by atoms with van der Waals surface area (Å²) in [7, 11) is 1.63. The molecule has 0 fully saturated rings. The molecular weight excluding hydrogens is 294 g/mol. The van der Waals surface area contributed by atoms with E-state index in [1.807, 2.05) is 6.92 Å². The van der Waals surface area contributed by atoms with Gasteiger partial charge in [0.1, 0.15) is 5.69 Å². The average Bonchev–Trinajstić information content (AvgIpc) is 2.83. The van der Waals surface area contributed by atoms with Gasteiger partial charge in [-0.25, -0.2) is 9.78 Å². The summed E-state index contributed by atoms with van der Waals surface area (Å²) in [5.74, 6) is -1.19. The zero-order chi connectivity index (χ0) is 15.6. The number of aromatic nitrogens is 1. The van der Waals surface area contributed by atoms with Gasteiger partial charge in [0.25, 0.3) is 5.69 Å². The summed E-state index contributed by atoms with van der Waals surface area (Å²) in [6.45, 7) is 2.21. The topological polar surface area (TPSA) is 96.6 Å². The van der Waals surface area contributed by atoms with Crippen molar-refractivity contribution in [2.75, 3.05) is 11.9 Å². The van der Waals surface area contributed by atoms with Crippen molar-refractivity contribution < 1.29 is 14.8 Å². The van der Waals surface area contributed by atoms with Crippen molar-refractivity contribution in [2.24, 2.45) is 0 Å². The Morgan fingerprint density at radius 1 is 1.52 bits per heavy atom. The van der Waals surface area contributed by atoms with Crippen LogP contribution in [0, 0.1) is 17.0 Å². The van der Waals surface area contributed by atoms with E-state index in [9.17, 15) is 20.0 Å². The van der Waals surface area contributed by atoms with E-state index in [1.165, 1.54) is 29.5 Å². The quantitative estimate of drug-likeness (QED) is 0.674. The summed E-state index contributed by atoms with van der Waals surface area (Å²) in [6, 6.07) is 4.04. The molecule has 0 unspecified atom stereocenters. The van der Waals surface area contributed by atoms with E-state index in [0.29, 0.717) is 6.54 Å². The molecule has 7 nitrogen and oxygen atoms in total. The molecule has 1 N–H and O–H groups in total. The van der Waals surface area contributed by atoms with E-state index in [1.54, 1.807) is 17.5 Å². The smallest absolute Gasteiger partial charge is 0.338 e. The van der Waals surface area contributed by atoms with Crippen molar-refractivity contribution >= 4 is 28.7 Å². The number of carboxylic acid groups (broad SMARTS) is 1. The van der Waals surface area contributed by atoms with Crippen molar-refractivity contribution in [3.8, 4) is 0 Å². The van der Waals surface area contributed by atoms with E-state index < -0.39 is 10.9 Å². The molecule has 0 aliphatic rings. The molecule has 1 aromatic heterocycles. The third-order valence-electron chi connectivity index (χ3n) is 3.05. The highest BCUT2D eigenvalue weighted by molar-refractivity contribution is 7.09. The molecule has 0 bridgehead atoms. The van der Waals surface area contributed by atoms with Crippen LogP contribution in [0.25, 0.3) is 0 Å². The fourth-order valence-electron chi connectivity index (χ4n) is 2.02. The lowest BCUT2D eigenvalue weighted by atomic mass is 10.1. The number of anilines is 1. The second-order valence-electron chi connectivity index (χ2n) is 4.45. The first-order valence-corrected chi connectivity index (χ1v) is 6.90. The Kier molecular flexibility index (Phi) is 4.18. The minimum Gasteiger partial charge on any atom is -0.478 e. The summed E-state index contributed by atoms with van der Waals surface area (Å²) >= 11 is 1.43. The average molecular weight is 307 g/mol. The fraction of sp³-hybridized carbons (Fsp3) is 0.231. The number of benzene rings is 1. The lowest BCUT2D eigenvalue weighted by Crippen LogP contribution is -2.20. The molecule has 0 aliphatic carbocycles. The zero-order valence-corrected chi connectivity index (χ0v) is 12.3. The second kappa shape index (κ2) is 5.88. The number of thiazole rings is 1. The zero-order valence-electron chi connectivity index (χ0n) is 11.4. The van der Waals surface area contributed by atoms with Gasteiger partial charge in [-0.15, -0.1) is 11.3 Å². The Bertz CT molecular complexity index is 666. The van der Waals surface area contributed by atoms with Crippen LogP contribution in [0.5, 0.6) is 0 Å². The van der Waals surface area contributed by atoms with E-state index in [-0.39, 0.29) is 16.9 Å². The first-order chi connectivity index (χ1) is 9.91. The first kappa shape index (κ1) is 14.9. The van der Waals surface area contributed by atoms with Crippen LogP contribution < -0.4 is 4.90 Å². The van der Waals surface area contributed by atoms with Gasteiger partial charge in [0.15, 0.2) is 0 Å².